The van der Waals surface area contributed by atoms with Crippen molar-refractivity contribution in [1.82, 2.24) is 9.97 Å². The fraction of sp³-hybridized carbons (Fsp3) is 0.250. The summed E-state index contributed by atoms with van der Waals surface area (Å²) in [5.74, 6) is -0.129. The number of benzene rings is 1. The Bertz CT molecular complexity index is 825. The average Bonchev–Trinajstić information content (AvgIpc) is 2.90. The minimum Gasteiger partial charge on any atom is -0.358 e. The third kappa shape index (κ3) is 2.34. The summed E-state index contributed by atoms with van der Waals surface area (Å²) in [6, 6.07) is 5.78. The van der Waals surface area contributed by atoms with Gasteiger partial charge in [0.15, 0.2) is 5.13 Å². The molecule has 0 saturated heterocycles. The van der Waals surface area contributed by atoms with E-state index in [0.717, 1.165) is 27.2 Å². The fourth-order valence-corrected chi connectivity index (χ4v) is 3.17. The second-order valence-corrected chi connectivity index (χ2v) is 6.42. The third-order valence-corrected chi connectivity index (χ3v) is 4.83. The number of hydrogen-bond acceptors (Lipinski definition) is 3. The second-order valence-electron chi connectivity index (χ2n) is 5.22. The summed E-state index contributed by atoms with van der Waals surface area (Å²) < 4.78 is 0. The number of H-pyrrole nitrogens is 1. The lowest BCUT2D eigenvalue weighted by Gasteiger charge is -2.03. The number of nitrogens with one attached hydrogen (secondary N) is 2. The number of para-hydroxylation sites is 1. The molecule has 108 valence electrons. The van der Waals surface area contributed by atoms with Crippen molar-refractivity contribution in [2.45, 2.75) is 27.7 Å². The number of nitrogens with zero attached hydrogens (tertiary/aromatic N) is 1. The van der Waals surface area contributed by atoms with Gasteiger partial charge in [-0.05, 0) is 39.3 Å². The van der Waals surface area contributed by atoms with E-state index in [1.54, 1.807) is 0 Å². The zero-order chi connectivity index (χ0) is 15.1. The van der Waals surface area contributed by atoms with Gasteiger partial charge in [-0.1, -0.05) is 12.1 Å². The summed E-state index contributed by atoms with van der Waals surface area (Å²) in [7, 11) is 0. The van der Waals surface area contributed by atoms with Crippen molar-refractivity contribution >= 4 is 33.3 Å². The summed E-state index contributed by atoms with van der Waals surface area (Å²) >= 11 is 1.50. The van der Waals surface area contributed by atoms with Gasteiger partial charge in [-0.15, -0.1) is 11.3 Å². The molecule has 1 amide bonds. The largest absolute Gasteiger partial charge is 0.358 e. The van der Waals surface area contributed by atoms with Gasteiger partial charge in [0.2, 0.25) is 0 Å². The molecule has 0 atom stereocenters. The summed E-state index contributed by atoms with van der Waals surface area (Å²) in [5, 5.41) is 4.62. The van der Waals surface area contributed by atoms with Crippen LogP contribution >= 0.6 is 11.3 Å². The van der Waals surface area contributed by atoms with Crippen LogP contribution in [0, 0.1) is 27.7 Å². The number of aromatic amines is 1. The van der Waals surface area contributed by atoms with Gasteiger partial charge < -0.3 is 4.98 Å². The second kappa shape index (κ2) is 5.00. The van der Waals surface area contributed by atoms with Gasteiger partial charge in [0.25, 0.3) is 5.91 Å². The molecular weight excluding hydrogens is 282 g/mol. The van der Waals surface area contributed by atoms with Gasteiger partial charge in [0, 0.05) is 16.0 Å². The van der Waals surface area contributed by atoms with Crippen LogP contribution in [-0.4, -0.2) is 15.9 Å². The minimum absolute atomic E-state index is 0.129. The van der Waals surface area contributed by atoms with Crippen molar-refractivity contribution < 1.29 is 4.79 Å². The van der Waals surface area contributed by atoms with E-state index in [-0.39, 0.29) is 5.91 Å². The number of anilines is 1. The molecular formula is C16H17N3OS. The maximum absolute atomic E-state index is 12.5. The molecule has 0 radical (unpaired) electrons. The number of amides is 1. The SMILES string of the molecule is Cc1nc(NC(=O)c2cccc3c(C)c(C)[nH]c23)sc1C. The van der Waals surface area contributed by atoms with Crippen LogP contribution in [0.3, 0.4) is 0 Å². The van der Waals surface area contributed by atoms with Crippen molar-refractivity contribution in [3.63, 3.8) is 0 Å². The lowest BCUT2D eigenvalue weighted by Crippen LogP contribution is -2.12. The first-order chi connectivity index (χ1) is 9.97. The first-order valence-corrected chi connectivity index (χ1v) is 7.62. The number of aryl methyl sites for hydroxylation is 4. The van der Waals surface area contributed by atoms with E-state index in [4.69, 9.17) is 0 Å². The standard InChI is InChI=1S/C16H17N3OS/c1-8-9(2)17-14-12(8)6-5-7-13(14)15(20)19-16-18-10(3)11(4)21-16/h5-7,17H,1-4H3,(H,18,19,20). The Labute approximate surface area is 127 Å². The van der Waals surface area contributed by atoms with E-state index in [1.807, 2.05) is 39.0 Å². The molecule has 2 N–H and O–H groups in total. The Morgan fingerprint density at radius 3 is 2.67 bits per heavy atom. The maximum atomic E-state index is 12.5. The Morgan fingerprint density at radius 2 is 2.00 bits per heavy atom. The molecule has 0 saturated carbocycles. The highest BCUT2D eigenvalue weighted by atomic mass is 32.1. The molecule has 0 spiro atoms. The lowest BCUT2D eigenvalue weighted by molar-refractivity contribution is 0.102. The third-order valence-electron chi connectivity index (χ3n) is 3.84. The van der Waals surface area contributed by atoms with E-state index in [2.05, 4.69) is 22.2 Å². The van der Waals surface area contributed by atoms with Gasteiger partial charge in [-0.25, -0.2) is 4.98 Å². The van der Waals surface area contributed by atoms with Gasteiger partial charge in [0.1, 0.15) is 0 Å². The molecule has 0 bridgehead atoms. The zero-order valence-corrected chi connectivity index (χ0v) is 13.3. The first kappa shape index (κ1) is 13.8. The average molecular weight is 299 g/mol. The molecule has 0 aliphatic rings. The van der Waals surface area contributed by atoms with Crippen molar-refractivity contribution in [1.29, 1.82) is 0 Å². The molecule has 0 fully saturated rings. The van der Waals surface area contributed by atoms with E-state index in [9.17, 15) is 4.79 Å². The van der Waals surface area contributed by atoms with Crippen LogP contribution in [0.25, 0.3) is 10.9 Å². The van der Waals surface area contributed by atoms with Gasteiger partial charge in [0.05, 0.1) is 16.8 Å². The van der Waals surface area contributed by atoms with Gasteiger partial charge >= 0.3 is 0 Å². The van der Waals surface area contributed by atoms with E-state index >= 15 is 0 Å². The lowest BCUT2D eigenvalue weighted by atomic mass is 10.1. The molecule has 3 rings (SSSR count). The fourth-order valence-electron chi connectivity index (χ4n) is 2.36. The molecule has 21 heavy (non-hydrogen) atoms. The molecule has 2 aromatic heterocycles. The minimum atomic E-state index is -0.129. The predicted molar refractivity (Wildman–Crippen MR) is 87.3 cm³/mol. The Morgan fingerprint density at radius 1 is 1.24 bits per heavy atom. The van der Waals surface area contributed by atoms with Crippen LogP contribution in [0.2, 0.25) is 0 Å². The Kier molecular flexibility index (Phi) is 3.29. The van der Waals surface area contributed by atoms with Gasteiger partial charge in [-0.3, -0.25) is 10.1 Å². The normalized spacial score (nSPS) is 11.0. The highest BCUT2D eigenvalue weighted by Crippen LogP contribution is 2.26. The van der Waals surface area contributed by atoms with E-state index < -0.39 is 0 Å². The van der Waals surface area contributed by atoms with Crippen molar-refractivity contribution in [2.75, 3.05) is 5.32 Å². The topological polar surface area (TPSA) is 57.8 Å². The number of carbonyl (C=O) groups excluding carboxylic acids is 1. The molecule has 2 heterocycles. The molecule has 3 aromatic rings. The summed E-state index contributed by atoms with van der Waals surface area (Å²) in [4.78, 5) is 21.3. The van der Waals surface area contributed by atoms with E-state index in [1.165, 1.54) is 16.9 Å². The summed E-state index contributed by atoms with van der Waals surface area (Å²) in [5.41, 5.74) is 4.76. The molecule has 5 heteroatoms. The molecule has 0 unspecified atom stereocenters. The first-order valence-electron chi connectivity index (χ1n) is 6.80. The van der Waals surface area contributed by atoms with Crippen LogP contribution < -0.4 is 5.32 Å². The number of hydrogen-bond donors (Lipinski definition) is 2. The predicted octanol–water partition coefficient (Wildman–Crippen LogP) is 4.11. The number of aromatic nitrogens is 2. The Hall–Kier alpha value is -2.14. The Balaban J connectivity index is 2.00. The summed E-state index contributed by atoms with van der Waals surface area (Å²) in [6.45, 7) is 8.02. The van der Waals surface area contributed by atoms with Crippen LogP contribution in [0.15, 0.2) is 18.2 Å². The van der Waals surface area contributed by atoms with Gasteiger partial charge in [-0.2, -0.15) is 0 Å². The smallest absolute Gasteiger partial charge is 0.259 e. The number of carbonyl (C=O) groups is 1. The monoisotopic (exact) mass is 299 g/mol. The van der Waals surface area contributed by atoms with Crippen molar-refractivity contribution in [3.05, 3.63) is 45.6 Å². The molecule has 4 nitrogen and oxygen atoms in total. The number of rotatable bonds is 2. The quantitative estimate of drug-likeness (QED) is 0.748. The maximum Gasteiger partial charge on any atom is 0.259 e. The number of fused-ring (bicyclic) bond motifs is 1. The van der Waals surface area contributed by atoms with Crippen LogP contribution in [0.1, 0.15) is 32.2 Å². The summed E-state index contributed by atoms with van der Waals surface area (Å²) in [6.07, 6.45) is 0. The number of thiazole rings is 1. The van der Waals surface area contributed by atoms with Crippen LogP contribution in [0.5, 0.6) is 0 Å². The highest BCUT2D eigenvalue weighted by Gasteiger charge is 2.15. The molecule has 0 aliphatic heterocycles. The zero-order valence-electron chi connectivity index (χ0n) is 12.5. The van der Waals surface area contributed by atoms with Crippen molar-refractivity contribution in [2.24, 2.45) is 0 Å². The molecule has 0 aliphatic carbocycles. The van der Waals surface area contributed by atoms with Crippen LogP contribution in [-0.2, 0) is 0 Å². The molecule has 1 aromatic carbocycles. The highest BCUT2D eigenvalue weighted by molar-refractivity contribution is 7.15. The van der Waals surface area contributed by atoms with Crippen molar-refractivity contribution in [3.8, 4) is 0 Å². The van der Waals surface area contributed by atoms with Crippen LogP contribution in [0.4, 0.5) is 5.13 Å². The van der Waals surface area contributed by atoms with E-state index in [0.29, 0.717) is 10.7 Å².